The van der Waals surface area contributed by atoms with E-state index in [1.807, 2.05) is 0 Å². The number of rotatable bonds is 7. The number of thiol groups is 1. The van der Waals surface area contributed by atoms with Crippen LogP contribution in [0.25, 0.3) is 0 Å². The van der Waals surface area contributed by atoms with Gasteiger partial charge in [-0.2, -0.15) is 36.0 Å². The minimum absolute atomic E-state index is 0.0610. The van der Waals surface area contributed by atoms with Crippen molar-refractivity contribution < 1.29 is 22.8 Å². The molecule has 0 aliphatic carbocycles. The minimum atomic E-state index is -4.64. The SMILES string of the molecule is O=C(Nc1ccc(Br)cc1C(=O)N/N=C\c1ccc(Cl)c(C(F)(F)F)c1)c1cccc(C(S)c2nc[nH]n2)c1. The first-order chi connectivity index (χ1) is 18.5. The number of nitrogens with zero attached hydrogens (tertiary/aromatic N) is 3. The first kappa shape index (κ1) is 28.3. The Kier molecular flexibility index (Phi) is 8.73. The molecule has 0 aliphatic rings. The summed E-state index contributed by atoms with van der Waals surface area (Å²) < 4.78 is 39.8. The molecule has 0 aliphatic heterocycles. The molecule has 4 aromatic rings. The number of benzene rings is 3. The number of carbonyl (C=O) groups excluding carboxylic acids is 2. The lowest BCUT2D eigenvalue weighted by molar-refractivity contribution is -0.137. The summed E-state index contributed by atoms with van der Waals surface area (Å²) in [5.41, 5.74) is 2.54. The summed E-state index contributed by atoms with van der Waals surface area (Å²) in [6, 6.07) is 14.5. The van der Waals surface area contributed by atoms with E-state index in [0.29, 0.717) is 21.4 Å². The van der Waals surface area contributed by atoms with Crippen molar-refractivity contribution in [3.8, 4) is 0 Å². The smallest absolute Gasteiger partial charge is 0.321 e. The third kappa shape index (κ3) is 7.05. The number of halogens is 5. The molecule has 39 heavy (non-hydrogen) atoms. The number of nitrogens with one attached hydrogen (secondary N) is 3. The van der Waals surface area contributed by atoms with Gasteiger partial charge >= 0.3 is 6.18 Å². The van der Waals surface area contributed by atoms with E-state index in [1.165, 1.54) is 24.5 Å². The lowest BCUT2D eigenvalue weighted by atomic mass is 10.1. The molecule has 4 rings (SSSR count). The molecule has 14 heteroatoms. The van der Waals surface area contributed by atoms with Gasteiger partial charge in [0.2, 0.25) is 0 Å². The summed E-state index contributed by atoms with van der Waals surface area (Å²) in [5, 5.41) is 12.1. The molecule has 1 heterocycles. The average Bonchev–Trinajstić information content (AvgIpc) is 3.44. The molecule has 3 N–H and O–H groups in total. The Morgan fingerprint density at radius 3 is 2.62 bits per heavy atom. The van der Waals surface area contributed by atoms with Gasteiger partial charge in [-0.1, -0.05) is 45.7 Å². The monoisotopic (exact) mass is 636 g/mol. The van der Waals surface area contributed by atoms with Gasteiger partial charge in [-0.15, -0.1) is 0 Å². The lowest BCUT2D eigenvalue weighted by Crippen LogP contribution is -2.21. The van der Waals surface area contributed by atoms with Crippen LogP contribution in [0.2, 0.25) is 5.02 Å². The second kappa shape index (κ2) is 12.0. The summed E-state index contributed by atoms with van der Waals surface area (Å²) >= 11 is 13.4. The summed E-state index contributed by atoms with van der Waals surface area (Å²) in [6.07, 6.45) is -2.17. The van der Waals surface area contributed by atoms with Crippen molar-refractivity contribution in [2.24, 2.45) is 5.10 Å². The molecular formula is C25H17BrClF3N6O2S. The molecule has 1 aromatic heterocycles. The van der Waals surface area contributed by atoms with E-state index < -0.39 is 33.8 Å². The van der Waals surface area contributed by atoms with Crippen molar-refractivity contribution in [3.63, 3.8) is 0 Å². The zero-order valence-electron chi connectivity index (χ0n) is 19.5. The number of aromatic amines is 1. The highest BCUT2D eigenvalue weighted by atomic mass is 79.9. The third-order valence-corrected chi connectivity index (χ3v) is 6.64. The lowest BCUT2D eigenvalue weighted by Gasteiger charge is -2.12. The van der Waals surface area contributed by atoms with E-state index >= 15 is 0 Å². The minimum Gasteiger partial charge on any atom is -0.321 e. The second-order valence-electron chi connectivity index (χ2n) is 7.97. The summed E-state index contributed by atoms with van der Waals surface area (Å²) in [6.45, 7) is 0. The van der Waals surface area contributed by atoms with Crippen LogP contribution in [0.15, 0.2) is 76.6 Å². The molecule has 200 valence electrons. The Morgan fingerprint density at radius 2 is 1.90 bits per heavy atom. The molecule has 0 bridgehead atoms. The van der Waals surface area contributed by atoms with Crippen LogP contribution in [0.1, 0.15) is 48.5 Å². The number of anilines is 1. The zero-order valence-corrected chi connectivity index (χ0v) is 22.7. The van der Waals surface area contributed by atoms with E-state index in [2.05, 4.69) is 59.6 Å². The second-order valence-corrected chi connectivity index (χ2v) is 9.80. The third-order valence-electron chi connectivity index (χ3n) is 5.29. The topological polar surface area (TPSA) is 112 Å². The predicted molar refractivity (Wildman–Crippen MR) is 147 cm³/mol. The average molecular weight is 638 g/mol. The fourth-order valence-electron chi connectivity index (χ4n) is 3.42. The molecule has 0 radical (unpaired) electrons. The Morgan fingerprint density at radius 1 is 1.10 bits per heavy atom. The van der Waals surface area contributed by atoms with Gasteiger partial charge in [0.25, 0.3) is 11.8 Å². The van der Waals surface area contributed by atoms with E-state index in [4.69, 9.17) is 11.6 Å². The molecule has 1 unspecified atom stereocenters. The summed E-state index contributed by atoms with van der Waals surface area (Å²) in [7, 11) is 0. The molecule has 1 atom stereocenters. The van der Waals surface area contributed by atoms with Crippen molar-refractivity contribution in [1.82, 2.24) is 20.6 Å². The van der Waals surface area contributed by atoms with Crippen molar-refractivity contribution in [2.75, 3.05) is 5.32 Å². The van der Waals surface area contributed by atoms with Crippen LogP contribution in [0.3, 0.4) is 0 Å². The van der Waals surface area contributed by atoms with Crippen LogP contribution >= 0.6 is 40.2 Å². The molecule has 0 spiro atoms. The van der Waals surface area contributed by atoms with Gasteiger partial charge in [0, 0.05) is 10.0 Å². The maximum Gasteiger partial charge on any atom is 0.417 e. The van der Waals surface area contributed by atoms with Crippen LogP contribution in [0.5, 0.6) is 0 Å². The summed E-state index contributed by atoms with van der Waals surface area (Å²) in [5.74, 6) is -0.758. The number of carbonyl (C=O) groups is 2. The van der Waals surface area contributed by atoms with Crippen LogP contribution < -0.4 is 10.7 Å². The fraction of sp³-hybridized carbons (Fsp3) is 0.0800. The summed E-state index contributed by atoms with van der Waals surface area (Å²) in [4.78, 5) is 30.0. The van der Waals surface area contributed by atoms with Crippen molar-refractivity contribution in [3.05, 3.63) is 110 Å². The van der Waals surface area contributed by atoms with E-state index in [9.17, 15) is 22.8 Å². The van der Waals surface area contributed by atoms with Gasteiger partial charge in [-0.3, -0.25) is 14.7 Å². The van der Waals surface area contributed by atoms with Crippen molar-refractivity contribution in [1.29, 1.82) is 0 Å². The number of alkyl halides is 3. The van der Waals surface area contributed by atoms with Crippen molar-refractivity contribution in [2.45, 2.75) is 11.4 Å². The molecule has 3 aromatic carbocycles. The quantitative estimate of drug-likeness (QED) is 0.109. The van der Waals surface area contributed by atoms with Gasteiger partial charge in [0.15, 0.2) is 5.82 Å². The van der Waals surface area contributed by atoms with Crippen LogP contribution in [-0.4, -0.2) is 33.2 Å². The first-order valence-corrected chi connectivity index (χ1v) is 12.7. The highest BCUT2D eigenvalue weighted by molar-refractivity contribution is 9.10. The van der Waals surface area contributed by atoms with Gasteiger partial charge in [0.1, 0.15) is 6.33 Å². The Hall–Kier alpha value is -3.68. The highest BCUT2D eigenvalue weighted by Crippen LogP contribution is 2.35. The highest BCUT2D eigenvalue weighted by Gasteiger charge is 2.33. The maximum atomic E-state index is 13.1. The van der Waals surface area contributed by atoms with E-state index in [-0.39, 0.29) is 16.8 Å². The van der Waals surface area contributed by atoms with Gasteiger partial charge in [-0.25, -0.2) is 10.4 Å². The molecular weight excluding hydrogens is 621 g/mol. The number of hydrazone groups is 1. The molecule has 2 amide bonds. The van der Waals surface area contributed by atoms with Gasteiger partial charge < -0.3 is 5.32 Å². The number of hydrogen-bond donors (Lipinski definition) is 4. The molecule has 0 saturated heterocycles. The van der Waals surface area contributed by atoms with Crippen molar-refractivity contribution >= 4 is 63.9 Å². The largest absolute Gasteiger partial charge is 0.417 e. The fourth-order valence-corrected chi connectivity index (χ4v) is 4.29. The predicted octanol–water partition coefficient (Wildman–Crippen LogP) is 6.27. The number of H-pyrrole nitrogens is 1. The van der Waals surface area contributed by atoms with E-state index in [0.717, 1.165) is 18.3 Å². The van der Waals surface area contributed by atoms with Gasteiger partial charge in [-0.05, 0) is 53.6 Å². The van der Waals surface area contributed by atoms with Crippen LogP contribution in [0, 0.1) is 0 Å². The molecule has 8 nitrogen and oxygen atoms in total. The van der Waals surface area contributed by atoms with Crippen LogP contribution in [-0.2, 0) is 6.18 Å². The molecule has 0 saturated carbocycles. The normalized spacial score (nSPS) is 12.4. The maximum absolute atomic E-state index is 13.1. The standard InChI is InChI=1S/C25H17BrClF3N6O2S/c26-16-5-7-20(34-23(37)15-3-1-2-14(9-15)21(39)22-31-12-33-35-22)17(10-16)24(38)36-32-11-13-4-6-19(27)18(8-13)25(28,29)30/h1-12,21,39H,(H,34,37)(H,36,38)(H,31,33,35)/b32-11-. The number of hydrogen-bond acceptors (Lipinski definition) is 6. The van der Waals surface area contributed by atoms with E-state index in [1.54, 1.807) is 30.3 Å². The molecule has 0 fully saturated rings. The van der Waals surface area contributed by atoms with Gasteiger partial charge in [0.05, 0.1) is 33.3 Å². The Balaban J connectivity index is 1.50. The van der Waals surface area contributed by atoms with Crippen LogP contribution in [0.4, 0.5) is 18.9 Å². The number of aromatic nitrogens is 3. The first-order valence-electron chi connectivity index (χ1n) is 11.0. The Labute approximate surface area is 238 Å². The Bertz CT molecular complexity index is 1550. The number of amides is 2. The zero-order chi connectivity index (χ0) is 28.2.